The maximum atomic E-state index is 12.8. The largest absolute Gasteiger partial charge is 0.351 e. The predicted octanol–water partition coefficient (Wildman–Crippen LogP) is 4.68. The lowest BCUT2D eigenvalue weighted by molar-refractivity contribution is -0.118. The minimum atomic E-state index is -0.0872. The minimum absolute atomic E-state index is 0.0169. The molecule has 0 spiro atoms. The summed E-state index contributed by atoms with van der Waals surface area (Å²) in [5, 5.41) is 5.41. The molecule has 0 aliphatic carbocycles. The Labute approximate surface area is 180 Å². The molecule has 0 radical (unpaired) electrons. The molecule has 0 saturated heterocycles. The first-order valence-electron chi connectivity index (χ1n) is 9.06. The number of nitrogens with one attached hydrogen (secondary N) is 1. The Morgan fingerprint density at radius 2 is 2.11 bits per heavy atom. The number of benzene rings is 1. The summed E-state index contributed by atoms with van der Waals surface area (Å²) < 4.78 is 3.35. The van der Waals surface area contributed by atoms with E-state index in [4.69, 9.17) is 0 Å². The average molecular weight is 480 g/mol. The van der Waals surface area contributed by atoms with Gasteiger partial charge in [0.25, 0.3) is 5.56 Å². The fourth-order valence-corrected chi connectivity index (χ4v) is 4.69. The summed E-state index contributed by atoms with van der Waals surface area (Å²) in [5.41, 5.74) is 1.70. The van der Waals surface area contributed by atoms with Gasteiger partial charge >= 0.3 is 0 Å². The van der Waals surface area contributed by atoms with Gasteiger partial charge in [0.1, 0.15) is 4.70 Å². The van der Waals surface area contributed by atoms with E-state index >= 15 is 0 Å². The second-order valence-electron chi connectivity index (χ2n) is 6.83. The van der Waals surface area contributed by atoms with E-state index in [1.54, 1.807) is 4.57 Å². The number of thiophene rings is 1. The summed E-state index contributed by atoms with van der Waals surface area (Å²) in [4.78, 5) is 29.8. The van der Waals surface area contributed by atoms with Gasteiger partial charge in [-0.3, -0.25) is 14.2 Å². The zero-order valence-electron chi connectivity index (χ0n) is 15.8. The molecule has 148 valence electrons. The Morgan fingerprint density at radius 3 is 2.86 bits per heavy atom. The summed E-state index contributed by atoms with van der Waals surface area (Å²) in [7, 11) is 0. The van der Waals surface area contributed by atoms with E-state index in [1.165, 1.54) is 23.1 Å². The van der Waals surface area contributed by atoms with E-state index < -0.39 is 0 Å². The number of rotatable bonds is 8. The summed E-state index contributed by atoms with van der Waals surface area (Å²) in [6, 6.07) is 9.64. The molecule has 0 fully saturated rings. The van der Waals surface area contributed by atoms with Crippen LogP contribution in [0.25, 0.3) is 10.2 Å². The number of amides is 1. The Bertz CT molecular complexity index is 1030. The van der Waals surface area contributed by atoms with Crippen molar-refractivity contribution in [2.75, 3.05) is 5.75 Å². The zero-order chi connectivity index (χ0) is 20.1. The van der Waals surface area contributed by atoms with Gasteiger partial charge in [0.2, 0.25) is 5.91 Å². The SMILES string of the molecule is CC(C)CCn1c(SCC(=O)NCc2ccccc2Br)nc2ccsc2c1=O. The van der Waals surface area contributed by atoms with Crippen LogP contribution in [-0.2, 0) is 17.9 Å². The first kappa shape index (κ1) is 21.1. The van der Waals surface area contributed by atoms with Crippen molar-refractivity contribution in [3.05, 3.63) is 56.1 Å². The summed E-state index contributed by atoms with van der Waals surface area (Å²) >= 11 is 6.21. The second-order valence-corrected chi connectivity index (χ2v) is 9.54. The van der Waals surface area contributed by atoms with Gasteiger partial charge < -0.3 is 5.32 Å². The smallest absolute Gasteiger partial charge is 0.272 e. The van der Waals surface area contributed by atoms with Gasteiger partial charge in [0, 0.05) is 17.6 Å². The van der Waals surface area contributed by atoms with Gasteiger partial charge in [-0.25, -0.2) is 4.98 Å². The Morgan fingerprint density at radius 1 is 1.32 bits per heavy atom. The van der Waals surface area contributed by atoms with Crippen LogP contribution in [0.3, 0.4) is 0 Å². The molecule has 0 aliphatic rings. The molecule has 5 nitrogen and oxygen atoms in total. The van der Waals surface area contributed by atoms with Crippen LogP contribution < -0.4 is 10.9 Å². The number of hydrogen-bond donors (Lipinski definition) is 1. The van der Waals surface area contributed by atoms with Crippen molar-refractivity contribution < 1.29 is 4.79 Å². The highest BCUT2D eigenvalue weighted by Crippen LogP contribution is 2.22. The summed E-state index contributed by atoms with van der Waals surface area (Å²) in [6.45, 7) is 5.32. The first-order valence-corrected chi connectivity index (χ1v) is 11.7. The van der Waals surface area contributed by atoms with Crippen LogP contribution in [0.15, 0.2) is 50.1 Å². The van der Waals surface area contributed by atoms with Crippen molar-refractivity contribution in [2.45, 2.75) is 38.5 Å². The van der Waals surface area contributed by atoms with Crippen LogP contribution in [0.1, 0.15) is 25.8 Å². The van der Waals surface area contributed by atoms with Crippen LogP contribution in [0.2, 0.25) is 0 Å². The molecule has 28 heavy (non-hydrogen) atoms. The molecule has 2 heterocycles. The van der Waals surface area contributed by atoms with E-state index in [9.17, 15) is 9.59 Å². The van der Waals surface area contributed by atoms with Crippen LogP contribution in [-0.4, -0.2) is 21.2 Å². The van der Waals surface area contributed by atoms with Gasteiger partial charge in [-0.1, -0.05) is 59.7 Å². The highest BCUT2D eigenvalue weighted by atomic mass is 79.9. The maximum absolute atomic E-state index is 12.8. The lowest BCUT2D eigenvalue weighted by Gasteiger charge is -2.13. The Balaban J connectivity index is 1.70. The van der Waals surface area contributed by atoms with Crippen molar-refractivity contribution in [3.8, 4) is 0 Å². The Kier molecular flexibility index (Phi) is 7.31. The number of carbonyl (C=O) groups is 1. The fourth-order valence-electron chi connectivity index (χ4n) is 2.63. The number of fused-ring (bicyclic) bond motifs is 1. The van der Waals surface area contributed by atoms with Gasteiger partial charge in [-0.05, 0) is 35.4 Å². The van der Waals surface area contributed by atoms with E-state index in [2.05, 4.69) is 40.1 Å². The van der Waals surface area contributed by atoms with E-state index in [0.717, 1.165) is 16.5 Å². The standard InChI is InChI=1S/C20H22BrN3O2S2/c1-13(2)7-9-24-19(26)18-16(8-10-27-18)23-20(24)28-12-17(25)22-11-14-5-3-4-6-15(14)21/h3-6,8,10,13H,7,9,11-12H2,1-2H3,(H,22,25). The highest BCUT2D eigenvalue weighted by molar-refractivity contribution is 9.10. The third-order valence-corrected chi connectivity index (χ3v) is 6.87. The van der Waals surface area contributed by atoms with Crippen molar-refractivity contribution in [3.63, 3.8) is 0 Å². The third kappa shape index (κ3) is 5.24. The molecule has 0 bridgehead atoms. The Hall–Kier alpha value is -1.64. The molecular formula is C20H22BrN3O2S2. The first-order chi connectivity index (χ1) is 13.5. The number of halogens is 1. The van der Waals surface area contributed by atoms with Gasteiger partial charge in [-0.2, -0.15) is 0 Å². The van der Waals surface area contributed by atoms with Crippen molar-refractivity contribution in [1.82, 2.24) is 14.9 Å². The van der Waals surface area contributed by atoms with Crippen LogP contribution in [0, 0.1) is 5.92 Å². The third-order valence-electron chi connectivity index (χ3n) is 4.23. The molecule has 3 rings (SSSR count). The van der Waals surface area contributed by atoms with Crippen molar-refractivity contribution in [1.29, 1.82) is 0 Å². The lowest BCUT2D eigenvalue weighted by Crippen LogP contribution is -2.27. The van der Waals surface area contributed by atoms with Gasteiger partial charge in [-0.15, -0.1) is 11.3 Å². The number of hydrogen-bond acceptors (Lipinski definition) is 5. The number of aromatic nitrogens is 2. The molecule has 1 N–H and O–H groups in total. The average Bonchev–Trinajstić information content (AvgIpc) is 3.14. The summed E-state index contributed by atoms with van der Waals surface area (Å²) in [6.07, 6.45) is 0.889. The maximum Gasteiger partial charge on any atom is 0.272 e. The summed E-state index contributed by atoms with van der Waals surface area (Å²) in [5.74, 6) is 0.612. The van der Waals surface area contributed by atoms with E-state index in [-0.39, 0.29) is 17.2 Å². The van der Waals surface area contributed by atoms with Crippen LogP contribution >= 0.6 is 39.0 Å². The molecule has 0 atom stereocenters. The van der Waals surface area contributed by atoms with Crippen molar-refractivity contribution >= 4 is 55.2 Å². The number of thioether (sulfide) groups is 1. The molecule has 0 unspecified atom stereocenters. The normalized spacial score (nSPS) is 11.3. The second kappa shape index (κ2) is 9.71. The quantitative estimate of drug-likeness (QED) is 0.376. The van der Waals surface area contributed by atoms with Gasteiger partial charge in [0.05, 0.1) is 11.3 Å². The molecule has 1 aromatic carbocycles. The molecule has 8 heteroatoms. The topological polar surface area (TPSA) is 64.0 Å². The number of carbonyl (C=O) groups excluding carboxylic acids is 1. The lowest BCUT2D eigenvalue weighted by atomic mass is 10.1. The van der Waals surface area contributed by atoms with Crippen LogP contribution in [0.4, 0.5) is 0 Å². The van der Waals surface area contributed by atoms with Crippen molar-refractivity contribution in [2.24, 2.45) is 5.92 Å². The molecule has 3 aromatic rings. The fraction of sp³-hybridized carbons (Fsp3) is 0.350. The molecular weight excluding hydrogens is 458 g/mol. The minimum Gasteiger partial charge on any atom is -0.351 e. The monoisotopic (exact) mass is 479 g/mol. The van der Waals surface area contributed by atoms with E-state index in [0.29, 0.717) is 34.4 Å². The molecule has 0 aliphatic heterocycles. The van der Waals surface area contributed by atoms with E-state index in [1.807, 2.05) is 35.7 Å². The zero-order valence-corrected chi connectivity index (χ0v) is 19.0. The number of nitrogens with zero attached hydrogens (tertiary/aromatic N) is 2. The highest BCUT2D eigenvalue weighted by Gasteiger charge is 2.14. The predicted molar refractivity (Wildman–Crippen MR) is 120 cm³/mol. The molecule has 1 amide bonds. The van der Waals surface area contributed by atoms with Crippen LogP contribution in [0.5, 0.6) is 0 Å². The molecule has 0 saturated carbocycles. The van der Waals surface area contributed by atoms with Gasteiger partial charge in [0.15, 0.2) is 5.16 Å². The molecule has 2 aromatic heterocycles.